The van der Waals surface area contributed by atoms with E-state index in [0.717, 1.165) is 10.0 Å². The standard InChI is InChI=1S/C12H11BrN4O/c13-9-3-1-2-8(4-9)7-18-11-6-16-10(5-17-11)12(14)15/h1-6H,7H2,(H3,14,15). The van der Waals surface area contributed by atoms with Gasteiger partial charge >= 0.3 is 0 Å². The van der Waals surface area contributed by atoms with E-state index in [9.17, 15) is 0 Å². The van der Waals surface area contributed by atoms with Gasteiger partial charge in [-0.3, -0.25) is 5.41 Å². The summed E-state index contributed by atoms with van der Waals surface area (Å²) in [5.41, 5.74) is 6.65. The van der Waals surface area contributed by atoms with E-state index in [4.69, 9.17) is 15.9 Å². The molecule has 0 aliphatic heterocycles. The molecule has 0 fully saturated rings. The number of ether oxygens (including phenoxy) is 1. The molecule has 3 N–H and O–H groups in total. The molecule has 0 atom stereocenters. The molecule has 1 heterocycles. The number of amidine groups is 1. The van der Waals surface area contributed by atoms with Gasteiger partial charge in [-0.1, -0.05) is 28.1 Å². The second-order valence-electron chi connectivity index (χ2n) is 3.57. The number of rotatable bonds is 4. The fourth-order valence-corrected chi connectivity index (χ4v) is 1.76. The molecule has 0 radical (unpaired) electrons. The fourth-order valence-electron chi connectivity index (χ4n) is 1.31. The molecule has 2 aromatic rings. The van der Waals surface area contributed by atoms with Crippen molar-refractivity contribution in [1.82, 2.24) is 9.97 Å². The van der Waals surface area contributed by atoms with Crippen LogP contribution in [0.25, 0.3) is 0 Å². The van der Waals surface area contributed by atoms with E-state index < -0.39 is 0 Å². The summed E-state index contributed by atoms with van der Waals surface area (Å²) in [6, 6.07) is 7.82. The first-order valence-corrected chi connectivity index (χ1v) is 5.98. The van der Waals surface area contributed by atoms with E-state index in [1.807, 2.05) is 24.3 Å². The monoisotopic (exact) mass is 306 g/mol. The first kappa shape index (κ1) is 12.5. The van der Waals surface area contributed by atoms with Gasteiger partial charge in [0.2, 0.25) is 5.88 Å². The maximum Gasteiger partial charge on any atom is 0.232 e. The van der Waals surface area contributed by atoms with Crippen LogP contribution in [0.5, 0.6) is 5.88 Å². The molecule has 0 aliphatic carbocycles. The van der Waals surface area contributed by atoms with Gasteiger partial charge in [0.15, 0.2) is 0 Å². The Balaban J connectivity index is 2.00. The van der Waals surface area contributed by atoms with Crippen molar-refractivity contribution < 1.29 is 4.74 Å². The van der Waals surface area contributed by atoms with Crippen LogP contribution in [0.2, 0.25) is 0 Å². The van der Waals surface area contributed by atoms with Gasteiger partial charge in [-0.05, 0) is 17.7 Å². The SMILES string of the molecule is N=C(N)c1cnc(OCc2cccc(Br)c2)cn1. The van der Waals surface area contributed by atoms with Gasteiger partial charge in [-0.15, -0.1) is 0 Å². The molecule has 0 saturated carbocycles. The van der Waals surface area contributed by atoms with E-state index in [2.05, 4.69) is 25.9 Å². The molecular formula is C12H11BrN4O. The summed E-state index contributed by atoms with van der Waals surface area (Å²) in [6.07, 6.45) is 2.87. The lowest BCUT2D eigenvalue weighted by molar-refractivity contribution is 0.292. The number of nitrogens with two attached hydrogens (primary N) is 1. The first-order valence-electron chi connectivity index (χ1n) is 5.19. The van der Waals surface area contributed by atoms with Crippen LogP contribution in [0.4, 0.5) is 0 Å². The lowest BCUT2D eigenvalue weighted by atomic mass is 10.2. The average Bonchev–Trinajstić information content (AvgIpc) is 2.37. The van der Waals surface area contributed by atoms with Crippen molar-refractivity contribution in [3.05, 3.63) is 52.4 Å². The fraction of sp³-hybridized carbons (Fsp3) is 0.0833. The smallest absolute Gasteiger partial charge is 0.232 e. The first-order chi connectivity index (χ1) is 8.65. The lowest BCUT2D eigenvalue weighted by Gasteiger charge is -2.05. The van der Waals surface area contributed by atoms with Crippen LogP contribution < -0.4 is 10.5 Å². The third kappa shape index (κ3) is 3.27. The van der Waals surface area contributed by atoms with Gasteiger partial charge < -0.3 is 10.5 Å². The third-order valence-corrected chi connectivity index (χ3v) is 2.67. The Bertz CT molecular complexity index is 556. The van der Waals surface area contributed by atoms with Crippen LogP contribution >= 0.6 is 15.9 Å². The van der Waals surface area contributed by atoms with Crippen molar-refractivity contribution in [2.24, 2.45) is 5.73 Å². The summed E-state index contributed by atoms with van der Waals surface area (Å²) >= 11 is 3.39. The summed E-state index contributed by atoms with van der Waals surface area (Å²) in [5, 5.41) is 7.20. The van der Waals surface area contributed by atoms with Crippen molar-refractivity contribution in [1.29, 1.82) is 5.41 Å². The second-order valence-corrected chi connectivity index (χ2v) is 4.49. The summed E-state index contributed by atoms with van der Waals surface area (Å²) in [4.78, 5) is 7.98. The highest BCUT2D eigenvalue weighted by Crippen LogP contribution is 2.13. The molecule has 5 nitrogen and oxygen atoms in total. The van der Waals surface area contributed by atoms with E-state index >= 15 is 0 Å². The molecule has 1 aromatic heterocycles. The zero-order chi connectivity index (χ0) is 13.0. The number of hydrogen-bond acceptors (Lipinski definition) is 4. The van der Waals surface area contributed by atoms with E-state index in [-0.39, 0.29) is 5.84 Å². The molecule has 92 valence electrons. The predicted molar refractivity (Wildman–Crippen MR) is 71.5 cm³/mol. The summed E-state index contributed by atoms with van der Waals surface area (Å²) in [7, 11) is 0. The molecular weight excluding hydrogens is 296 g/mol. The van der Waals surface area contributed by atoms with E-state index in [0.29, 0.717) is 18.2 Å². The molecule has 18 heavy (non-hydrogen) atoms. The van der Waals surface area contributed by atoms with Gasteiger partial charge in [0.25, 0.3) is 0 Å². The van der Waals surface area contributed by atoms with Crippen molar-refractivity contribution in [3.8, 4) is 5.88 Å². The zero-order valence-electron chi connectivity index (χ0n) is 9.43. The van der Waals surface area contributed by atoms with E-state index in [1.54, 1.807) is 0 Å². The van der Waals surface area contributed by atoms with Gasteiger partial charge in [0.1, 0.15) is 18.1 Å². The van der Waals surface area contributed by atoms with Crippen molar-refractivity contribution >= 4 is 21.8 Å². The van der Waals surface area contributed by atoms with Crippen LogP contribution in [0.15, 0.2) is 41.1 Å². The van der Waals surface area contributed by atoms with Gasteiger partial charge in [0, 0.05) is 4.47 Å². The van der Waals surface area contributed by atoms with Gasteiger partial charge in [0.05, 0.1) is 12.4 Å². The number of hydrogen-bond donors (Lipinski definition) is 2. The Morgan fingerprint density at radius 2 is 2.17 bits per heavy atom. The summed E-state index contributed by atoms with van der Waals surface area (Å²) < 4.78 is 6.48. The molecule has 1 aromatic carbocycles. The third-order valence-electron chi connectivity index (χ3n) is 2.18. The number of nitrogen functional groups attached to an aromatic ring is 1. The maximum atomic E-state index is 7.20. The lowest BCUT2D eigenvalue weighted by Crippen LogP contribution is -2.13. The molecule has 0 bridgehead atoms. The van der Waals surface area contributed by atoms with Crippen molar-refractivity contribution in [2.75, 3.05) is 0 Å². The largest absolute Gasteiger partial charge is 0.472 e. The average molecular weight is 307 g/mol. The minimum absolute atomic E-state index is 0.110. The Morgan fingerprint density at radius 3 is 2.78 bits per heavy atom. The Kier molecular flexibility index (Phi) is 3.88. The minimum atomic E-state index is -0.110. The van der Waals surface area contributed by atoms with Gasteiger partial charge in [-0.25, -0.2) is 9.97 Å². The summed E-state index contributed by atoms with van der Waals surface area (Å²) in [5.74, 6) is 0.293. The Morgan fingerprint density at radius 1 is 1.33 bits per heavy atom. The molecule has 0 amide bonds. The molecule has 2 rings (SSSR count). The zero-order valence-corrected chi connectivity index (χ0v) is 11.0. The highest BCUT2D eigenvalue weighted by molar-refractivity contribution is 9.10. The predicted octanol–water partition coefficient (Wildman–Crippen LogP) is 2.10. The molecule has 0 aliphatic rings. The number of benzene rings is 1. The Labute approximate surface area is 113 Å². The number of nitrogens with zero attached hydrogens (tertiary/aromatic N) is 2. The highest BCUT2D eigenvalue weighted by Gasteiger charge is 2.01. The van der Waals surface area contributed by atoms with E-state index in [1.165, 1.54) is 12.4 Å². The van der Waals surface area contributed by atoms with Crippen LogP contribution in [0, 0.1) is 5.41 Å². The number of nitrogens with one attached hydrogen (secondary N) is 1. The maximum absolute atomic E-state index is 7.20. The number of halogens is 1. The van der Waals surface area contributed by atoms with Gasteiger partial charge in [-0.2, -0.15) is 0 Å². The second kappa shape index (κ2) is 5.59. The highest BCUT2D eigenvalue weighted by atomic mass is 79.9. The van der Waals surface area contributed by atoms with Crippen LogP contribution in [-0.2, 0) is 6.61 Å². The Hall–Kier alpha value is -1.95. The molecule has 0 spiro atoms. The van der Waals surface area contributed by atoms with Crippen LogP contribution in [0.1, 0.15) is 11.3 Å². The molecule has 0 saturated heterocycles. The molecule has 0 unspecified atom stereocenters. The molecule has 6 heteroatoms. The van der Waals surface area contributed by atoms with Crippen LogP contribution in [0.3, 0.4) is 0 Å². The quantitative estimate of drug-likeness (QED) is 0.669. The normalized spacial score (nSPS) is 10.1. The summed E-state index contributed by atoms with van der Waals surface area (Å²) in [6.45, 7) is 0.410. The topological polar surface area (TPSA) is 84.9 Å². The van der Waals surface area contributed by atoms with Crippen molar-refractivity contribution in [2.45, 2.75) is 6.61 Å². The number of aromatic nitrogens is 2. The van der Waals surface area contributed by atoms with Crippen molar-refractivity contribution in [3.63, 3.8) is 0 Å². The minimum Gasteiger partial charge on any atom is -0.472 e. The van der Waals surface area contributed by atoms with Crippen LogP contribution in [-0.4, -0.2) is 15.8 Å².